The van der Waals surface area contributed by atoms with Gasteiger partial charge in [-0.2, -0.15) is 0 Å². The van der Waals surface area contributed by atoms with Crippen LogP contribution in [0.2, 0.25) is 0 Å². The molecule has 0 saturated heterocycles. The minimum atomic E-state index is -0.750. The van der Waals surface area contributed by atoms with Crippen LogP contribution in [0.25, 0.3) is 0 Å². The first-order valence-corrected chi connectivity index (χ1v) is 0.632. The van der Waals surface area contributed by atoms with E-state index < -0.39 is 6.79 Å². The summed E-state index contributed by atoms with van der Waals surface area (Å²) >= 11 is 0. The zero-order valence-corrected chi connectivity index (χ0v) is 1.60. The van der Waals surface area contributed by atoms with Gasteiger partial charge in [-0.1, -0.05) is 0 Å². The topological polar surface area (TPSA) is 40.5 Å². The summed E-state index contributed by atoms with van der Waals surface area (Å²) in [5.41, 5.74) is 0. The molecule has 4 heavy (non-hydrogen) atoms. The van der Waals surface area contributed by atoms with E-state index in [4.69, 9.17) is 10.2 Å². The summed E-state index contributed by atoms with van der Waals surface area (Å²) in [5, 5.41) is 14.2. The summed E-state index contributed by atoms with van der Waals surface area (Å²) in [4.78, 5) is 0. The first-order valence-electron chi connectivity index (χ1n) is 0.632. The maximum atomic E-state index is 7.12. The molecule has 0 aliphatic rings. The van der Waals surface area contributed by atoms with E-state index in [1.54, 1.807) is 0 Å². The van der Waals surface area contributed by atoms with Crippen molar-refractivity contribution in [1.29, 1.82) is 0 Å². The molecule has 0 bridgehead atoms. The number of hydrogen-bond acceptors (Lipinski definition) is 2. The van der Waals surface area contributed by atoms with Gasteiger partial charge in [-0.25, -0.2) is 0 Å². The molecule has 0 amide bonds. The number of hydrogen-bond donors (Lipinski definition) is 2. The van der Waals surface area contributed by atoms with E-state index in [1.807, 2.05) is 0 Å². The fourth-order valence-corrected chi connectivity index (χ4v) is 0. The van der Waals surface area contributed by atoms with Crippen LogP contribution in [-0.2, 0) is 0 Å². The van der Waals surface area contributed by atoms with Gasteiger partial charge in [0.2, 0.25) is 0 Å². The molecule has 0 radical (unpaired) electrons. The Morgan fingerprint density at radius 3 is 1.25 bits per heavy atom. The Morgan fingerprint density at radius 1 is 1.25 bits per heavy atom. The molecule has 0 unspecified atom stereocenters. The number of rotatable bonds is 0. The van der Waals surface area contributed by atoms with Gasteiger partial charge < -0.3 is 10.2 Å². The van der Waals surface area contributed by atoms with Crippen molar-refractivity contribution >= 4 is 51.4 Å². The molecule has 0 aromatic heterocycles. The molecule has 3 heteroatoms. The van der Waals surface area contributed by atoms with E-state index in [0.29, 0.717) is 0 Å². The Hall–Kier alpha value is 1.56. The summed E-state index contributed by atoms with van der Waals surface area (Å²) in [5.74, 6) is 0. The van der Waals surface area contributed by atoms with Crippen molar-refractivity contribution in [2.24, 2.45) is 0 Å². The second kappa shape index (κ2) is 8.82. The third-order valence-corrected chi connectivity index (χ3v) is 0. The van der Waals surface area contributed by atoms with Crippen molar-refractivity contribution < 1.29 is 10.2 Å². The fraction of sp³-hybridized carbons (Fsp3) is 1.00. The van der Waals surface area contributed by atoms with Crippen LogP contribution in [0.3, 0.4) is 0 Å². The van der Waals surface area contributed by atoms with Crippen LogP contribution >= 0.6 is 0 Å². The fourth-order valence-electron chi connectivity index (χ4n) is 0. The number of aliphatic hydroxyl groups excluding tert-OH is 1. The van der Waals surface area contributed by atoms with E-state index in [-0.39, 0.29) is 51.4 Å². The van der Waals surface area contributed by atoms with Gasteiger partial charge >= 0.3 is 51.4 Å². The Balaban J connectivity index is 0. The standard InChI is InChI=1S/CH4O2.K.H/c2-1-3;;/h2-3H,1H2;;. The normalized spacial score (nSPS) is 4.50. The molecule has 0 rings (SSSR count). The van der Waals surface area contributed by atoms with E-state index in [2.05, 4.69) is 0 Å². The van der Waals surface area contributed by atoms with Crippen LogP contribution in [0.1, 0.15) is 0 Å². The number of aliphatic hydroxyl groups is 2. The zero-order valence-electron chi connectivity index (χ0n) is 1.60. The van der Waals surface area contributed by atoms with Crippen LogP contribution in [0.5, 0.6) is 0 Å². The van der Waals surface area contributed by atoms with Gasteiger partial charge in [-0.3, -0.25) is 0 Å². The molecule has 0 atom stereocenters. The quantitative estimate of drug-likeness (QED) is 0.273. The van der Waals surface area contributed by atoms with Crippen LogP contribution in [0.15, 0.2) is 0 Å². The van der Waals surface area contributed by atoms with Gasteiger partial charge in [0, 0.05) is 0 Å². The van der Waals surface area contributed by atoms with Gasteiger partial charge in [-0.05, 0) is 0 Å². The van der Waals surface area contributed by atoms with Crippen molar-refractivity contribution in [2.75, 3.05) is 6.79 Å². The van der Waals surface area contributed by atoms with Gasteiger partial charge in [0.25, 0.3) is 0 Å². The maximum absolute atomic E-state index is 7.12. The van der Waals surface area contributed by atoms with Crippen molar-refractivity contribution in [2.45, 2.75) is 0 Å². The third-order valence-electron chi connectivity index (χ3n) is 0. The molecule has 0 aromatic carbocycles. The van der Waals surface area contributed by atoms with Crippen LogP contribution in [-0.4, -0.2) is 68.4 Å². The first kappa shape index (κ1) is 9.12. The molecule has 2 N–H and O–H groups in total. The summed E-state index contributed by atoms with van der Waals surface area (Å²) in [6.45, 7) is -0.750. The van der Waals surface area contributed by atoms with E-state index >= 15 is 0 Å². The van der Waals surface area contributed by atoms with E-state index in [9.17, 15) is 0 Å². The Kier molecular flexibility index (Phi) is 20.1. The van der Waals surface area contributed by atoms with E-state index in [1.165, 1.54) is 0 Å². The molecule has 0 aliphatic carbocycles. The van der Waals surface area contributed by atoms with Crippen LogP contribution in [0.4, 0.5) is 0 Å². The Labute approximate surface area is 67.3 Å². The van der Waals surface area contributed by atoms with E-state index in [0.717, 1.165) is 0 Å². The van der Waals surface area contributed by atoms with Gasteiger partial charge in [0.1, 0.15) is 6.79 Å². The SMILES string of the molecule is OCO.[KH]. The van der Waals surface area contributed by atoms with Crippen LogP contribution < -0.4 is 0 Å². The Morgan fingerprint density at radius 2 is 1.25 bits per heavy atom. The first-order chi connectivity index (χ1) is 1.41. The van der Waals surface area contributed by atoms with Crippen molar-refractivity contribution in [3.63, 3.8) is 0 Å². The predicted octanol–water partition coefficient (Wildman–Crippen LogP) is -1.72. The Bertz CT molecular complexity index is 6.00. The summed E-state index contributed by atoms with van der Waals surface area (Å²) < 4.78 is 0. The van der Waals surface area contributed by atoms with Crippen LogP contribution in [0, 0.1) is 0 Å². The molecule has 0 aliphatic heterocycles. The molecule has 0 saturated carbocycles. The van der Waals surface area contributed by atoms with Crippen molar-refractivity contribution in [3.05, 3.63) is 0 Å². The molecular formula is CH5KO2. The van der Waals surface area contributed by atoms with Gasteiger partial charge in [0.15, 0.2) is 0 Å². The van der Waals surface area contributed by atoms with Crippen molar-refractivity contribution in [1.82, 2.24) is 0 Å². The predicted molar refractivity (Wildman–Crippen MR) is 16.5 cm³/mol. The summed E-state index contributed by atoms with van der Waals surface area (Å²) in [6.07, 6.45) is 0. The van der Waals surface area contributed by atoms with Gasteiger partial charge in [0.05, 0.1) is 0 Å². The summed E-state index contributed by atoms with van der Waals surface area (Å²) in [6, 6.07) is 0. The molecule has 0 aromatic rings. The van der Waals surface area contributed by atoms with Crippen molar-refractivity contribution in [3.8, 4) is 0 Å². The second-order valence-corrected chi connectivity index (χ2v) is 0.141. The summed E-state index contributed by atoms with van der Waals surface area (Å²) in [7, 11) is 0. The molecular weight excluding hydrogens is 83.1 g/mol. The molecule has 0 fully saturated rings. The zero-order chi connectivity index (χ0) is 2.71. The second-order valence-electron chi connectivity index (χ2n) is 0.141. The molecule has 0 heterocycles. The third kappa shape index (κ3) is 9.59. The monoisotopic (exact) mass is 88.0 g/mol. The minimum absolute atomic E-state index is 0. The molecule has 0 spiro atoms. The molecule has 22 valence electrons. The van der Waals surface area contributed by atoms with Gasteiger partial charge in [-0.15, -0.1) is 0 Å². The molecule has 2 nitrogen and oxygen atoms in total. The average Bonchev–Trinajstić information content (AvgIpc) is 0.918. The average molecular weight is 88.1 g/mol.